The Balaban J connectivity index is 2.43. The highest BCUT2D eigenvalue weighted by molar-refractivity contribution is 4.82. The molecule has 0 amide bonds. The maximum atomic E-state index is 5.95. The van der Waals surface area contributed by atoms with Crippen LogP contribution in [0.2, 0.25) is 0 Å². The number of rotatable bonds is 2. The highest BCUT2D eigenvalue weighted by atomic mass is 16.5. The third-order valence-corrected chi connectivity index (χ3v) is 2.66. The molecular formula is C11H23NO. The Morgan fingerprint density at radius 3 is 2.38 bits per heavy atom. The Kier molecular flexibility index (Phi) is 3.36. The van der Waals surface area contributed by atoms with Gasteiger partial charge in [0.05, 0.1) is 11.7 Å². The lowest BCUT2D eigenvalue weighted by molar-refractivity contribution is -0.0776. The van der Waals surface area contributed by atoms with Crippen molar-refractivity contribution in [2.75, 3.05) is 13.6 Å². The highest BCUT2D eigenvalue weighted by Crippen LogP contribution is 2.23. The summed E-state index contributed by atoms with van der Waals surface area (Å²) >= 11 is 0. The molecule has 1 heterocycles. The Hall–Kier alpha value is -0.0800. The van der Waals surface area contributed by atoms with Crippen molar-refractivity contribution >= 4 is 0 Å². The summed E-state index contributed by atoms with van der Waals surface area (Å²) in [5.74, 6) is 0. The van der Waals surface area contributed by atoms with Crippen LogP contribution in [0.1, 0.15) is 40.5 Å². The smallest absolute Gasteiger partial charge is 0.0709 e. The van der Waals surface area contributed by atoms with Gasteiger partial charge in [-0.05, 0) is 54.1 Å². The van der Waals surface area contributed by atoms with Gasteiger partial charge in [0.1, 0.15) is 0 Å². The van der Waals surface area contributed by atoms with Gasteiger partial charge in [-0.15, -0.1) is 0 Å². The lowest BCUT2D eigenvalue weighted by Gasteiger charge is -2.32. The SMILES string of the molecule is CC(OC(C)(C)C)[C@@H]1CCCN1C. The normalized spacial score (nSPS) is 27.9. The first-order chi connectivity index (χ1) is 5.90. The molecule has 0 spiro atoms. The summed E-state index contributed by atoms with van der Waals surface area (Å²) in [6.45, 7) is 9.79. The van der Waals surface area contributed by atoms with Gasteiger partial charge in [0.2, 0.25) is 0 Å². The summed E-state index contributed by atoms with van der Waals surface area (Å²) < 4.78 is 5.95. The van der Waals surface area contributed by atoms with Crippen molar-refractivity contribution in [3.63, 3.8) is 0 Å². The minimum atomic E-state index is -0.0111. The summed E-state index contributed by atoms with van der Waals surface area (Å²) in [5.41, 5.74) is -0.0111. The lowest BCUT2D eigenvalue weighted by Crippen LogP contribution is -2.40. The molecule has 0 aliphatic carbocycles. The maximum absolute atomic E-state index is 5.95. The van der Waals surface area contributed by atoms with E-state index in [1.54, 1.807) is 0 Å². The molecule has 2 heteroatoms. The van der Waals surface area contributed by atoms with Crippen LogP contribution in [0, 0.1) is 0 Å². The molecule has 0 aromatic carbocycles. The van der Waals surface area contributed by atoms with Crippen LogP contribution in [0.5, 0.6) is 0 Å². The molecule has 2 atom stereocenters. The monoisotopic (exact) mass is 185 g/mol. The second-order valence-electron chi connectivity index (χ2n) is 5.13. The Labute approximate surface area is 82.3 Å². The zero-order valence-electron chi connectivity index (χ0n) is 9.63. The molecule has 1 fully saturated rings. The quantitative estimate of drug-likeness (QED) is 0.654. The van der Waals surface area contributed by atoms with Crippen LogP contribution in [0.25, 0.3) is 0 Å². The largest absolute Gasteiger partial charge is 0.371 e. The molecule has 1 unspecified atom stereocenters. The Bertz CT molecular complexity index is 162. The minimum absolute atomic E-state index is 0.0111. The highest BCUT2D eigenvalue weighted by Gasteiger charge is 2.29. The van der Waals surface area contributed by atoms with E-state index in [0.29, 0.717) is 12.1 Å². The molecule has 1 aliphatic rings. The van der Waals surface area contributed by atoms with Crippen LogP contribution < -0.4 is 0 Å². The van der Waals surface area contributed by atoms with Gasteiger partial charge in [-0.3, -0.25) is 0 Å². The molecule has 0 N–H and O–H groups in total. The third kappa shape index (κ3) is 3.28. The zero-order chi connectivity index (χ0) is 10.1. The summed E-state index contributed by atoms with van der Waals surface area (Å²) in [6, 6.07) is 0.624. The van der Waals surface area contributed by atoms with Crippen molar-refractivity contribution in [2.24, 2.45) is 0 Å². The van der Waals surface area contributed by atoms with Crippen molar-refractivity contribution in [1.29, 1.82) is 0 Å². The molecule has 2 nitrogen and oxygen atoms in total. The predicted octanol–water partition coefficient (Wildman–Crippen LogP) is 2.28. The Morgan fingerprint density at radius 2 is 2.00 bits per heavy atom. The van der Waals surface area contributed by atoms with Gasteiger partial charge >= 0.3 is 0 Å². The summed E-state index contributed by atoms with van der Waals surface area (Å²) in [4.78, 5) is 2.41. The van der Waals surface area contributed by atoms with E-state index in [9.17, 15) is 0 Å². The fourth-order valence-electron chi connectivity index (χ4n) is 2.17. The van der Waals surface area contributed by atoms with Gasteiger partial charge < -0.3 is 9.64 Å². The molecule has 0 radical (unpaired) electrons. The number of hydrogen-bond acceptors (Lipinski definition) is 2. The fourth-order valence-corrected chi connectivity index (χ4v) is 2.17. The third-order valence-electron chi connectivity index (χ3n) is 2.66. The average Bonchev–Trinajstić information content (AvgIpc) is 2.30. The van der Waals surface area contributed by atoms with Gasteiger partial charge in [-0.2, -0.15) is 0 Å². The van der Waals surface area contributed by atoms with Crippen molar-refractivity contribution in [3.05, 3.63) is 0 Å². The molecule has 0 saturated carbocycles. The minimum Gasteiger partial charge on any atom is -0.371 e. The Morgan fingerprint density at radius 1 is 1.38 bits per heavy atom. The summed E-state index contributed by atoms with van der Waals surface area (Å²) in [5, 5.41) is 0. The van der Waals surface area contributed by atoms with E-state index in [1.165, 1.54) is 19.4 Å². The zero-order valence-corrected chi connectivity index (χ0v) is 9.63. The van der Waals surface area contributed by atoms with Gasteiger partial charge in [-0.25, -0.2) is 0 Å². The summed E-state index contributed by atoms with van der Waals surface area (Å²) in [7, 11) is 2.19. The van der Waals surface area contributed by atoms with Crippen LogP contribution in [0.15, 0.2) is 0 Å². The van der Waals surface area contributed by atoms with E-state index in [1.807, 2.05) is 0 Å². The number of ether oxygens (including phenoxy) is 1. The van der Waals surface area contributed by atoms with E-state index >= 15 is 0 Å². The first kappa shape index (κ1) is 11.0. The second-order valence-corrected chi connectivity index (χ2v) is 5.13. The number of likely N-dealkylation sites (N-methyl/N-ethyl adjacent to an activating group) is 1. The summed E-state index contributed by atoms with van der Waals surface area (Å²) in [6.07, 6.45) is 2.96. The average molecular weight is 185 g/mol. The fraction of sp³-hybridized carbons (Fsp3) is 1.00. The van der Waals surface area contributed by atoms with Gasteiger partial charge in [0.15, 0.2) is 0 Å². The van der Waals surface area contributed by atoms with Crippen LogP contribution in [0.3, 0.4) is 0 Å². The molecule has 1 aliphatic heterocycles. The van der Waals surface area contributed by atoms with Crippen molar-refractivity contribution in [3.8, 4) is 0 Å². The topological polar surface area (TPSA) is 12.5 Å². The maximum Gasteiger partial charge on any atom is 0.0709 e. The van der Waals surface area contributed by atoms with Gasteiger partial charge in [0.25, 0.3) is 0 Å². The molecule has 78 valence electrons. The molecule has 0 aromatic rings. The predicted molar refractivity (Wildman–Crippen MR) is 56.0 cm³/mol. The van der Waals surface area contributed by atoms with E-state index in [0.717, 1.165) is 0 Å². The van der Waals surface area contributed by atoms with E-state index < -0.39 is 0 Å². The standard InChI is InChI=1S/C11H23NO/c1-9(13-11(2,3)4)10-7-6-8-12(10)5/h9-10H,6-8H2,1-5H3/t9?,10-/m0/s1. The van der Waals surface area contributed by atoms with Crippen LogP contribution in [-0.4, -0.2) is 36.2 Å². The van der Waals surface area contributed by atoms with E-state index in [4.69, 9.17) is 4.74 Å². The molecule has 1 saturated heterocycles. The van der Waals surface area contributed by atoms with Crippen molar-refractivity contribution < 1.29 is 4.74 Å². The van der Waals surface area contributed by atoms with Gasteiger partial charge in [-0.1, -0.05) is 0 Å². The van der Waals surface area contributed by atoms with Crippen LogP contribution in [0.4, 0.5) is 0 Å². The number of likely N-dealkylation sites (tertiary alicyclic amines) is 1. The number of nitrogens with zero attached hydrogens (tertiary/aromatic N) is 1. The van der Waals surface area contributed by atoms with Crippen LogP contribution in [-0.2, 0) is 4.74 Å². The van der Waals surface area contributed by atoms with Crippen molar-refractivity contribution in [1.82, 2.24) is 4.90 Å². The lowest BCUT2D eigenvalue weighted by atomic mass is 10.1. The molecular weight excluding hydrogens is 162 g/mol. The first-order valence-corrected chi connectivity index (χ1v) is 5.28. The van der Waals surface area contributed by atoms with Gasteiger partial charge in [0, 0.05) is 6.04 Å². The molecule has 13 heavy (non-hydrogen) atoms. The first-order valence-electron chi connectivity index (χ1n) is 5.28. The molecule has 1 rings (SSSR count). The number of hydrogen-bond donors (Lipinski definition) is 0. The van der Waals surface area contributed by atoms with Crippen LogP contribution >= 0.6 is 0 Å². The van der Waals surface area contributed by atoms with E-state index in [2.05, 4.69) is 39.6 Å². The van der Waals surface area contributed by atoms with E-state index in [-0.39, 0.29) is 5.60 Å². The second kappa shape index (κ2) is 3.97. The van der Waals surface area contributed by atoms with Crippen molar-refractivity contribution in [2.45, 2.75) is 58.3 Å². The molecule has 0 bridgehead atoms. The molecule has 0 aromatic heterocycles.